The Bertz CT molecular complexity index is 833. The van der Waals surface area contributed by atoms with Crippen molar-refractivity contribution in [3.63, 3.8) is 0 Å². The number of amides is 3. The van der Waals surface area contributed by atoms with Crippen molar-refractivity contribution in [2.24, 2.45) is 17.8 Å². The van der Waals surface area contributed by atoms with E-state index in [1.165, 1.54) is 25.1 Å². The van der Waals surface area contributed by atoms with Crippen LogP contribution in [0, 0.1) is 17.8 Å². The first kappa shape index (κ1) is 15.6. The van der Waals surface area contributed by atoms with Crippen LogP contribution in [-0.4, -0.2) is 48.3 Å². The lowest BCUT2D eigenvalue weighted by Crippen LogP contribution is -2.70. The number of imide groups is 1. The molecule has 4 atom stereocenters. The highest BCUT2D eigenvalue weighted by Crippen LogP contribution is 2.52. The van der Waals surface area contributed by atoms with Gasteiger partial charge in [0.15, 0.2) is 5.54 Å². The molecule has 3 heterocycles. The minimum atomic E-state index is -1.58. The van der Waals surface area contributed by atoms with Crippen molar-refractivity contribution in [2.45, 2.75) is 5.54 Å². The number of likely N-dealkylation sites (N-methyl/N-ethyl adjacent to an activating group) is 1. The predicted molar refractivity (Wildman–Crippen MR) is 86.1 cm³/mol. The number of para-hydroxylation sites is 1. The Morgan fingerprint density at radius 1 is 1.08 bits per heavy atom. The normalized spacial score (nSPS) is 33.0. The third kappa shape index (κ3) is 1.70. The van der Waals surface area contributed by atoms with Gasteiger partial charge in [0.2, 0.25) is 17.7 Å². The van der Waals surface area contributed by atoms with Crippen LogP contribution in [0.5, 0.6) is 0 Å². The highest BCUT2D eigenvalue weighted by molar-refractivity contribution is 6.26. The molecular formula is C18H16N2O5. The molecule has 4 aliphatic rings. The summed E-state index contributed by atoms with van der Waals surface area (Å²) in [4.78, 5) is 53.7. The number of methoxy groups -OCH3 is 1. The second kappa shape index (κ2) is 5.02. The first-order valence-electron chi connectivity index (χ1n) is 7.93. The van der Waals surface area contributed by atoms with Crippen molar-refractivity contribution in [1.82, 2.24) is 4.90 Å². The fourth-order valence-corrected chi connectivity index (χ4v) is 4.28. The topological polar surface area (TPSA) is 84.0 Å². The van der Waals surface area contributed by atoms with Crippen LogP contribution in [0.25, 0.3) is 0 Å². The van der Waals surface area contributed by atoms with Gasteiger partial charge in [-0.25, -0.2) is 9.69 Å². The van der Waals surface area contributed by atoms with Gasteiger partial charge in [-0.05, 0) is 12.1 Å². The van der Waals surface area contributed by atoms with Gasteiger partial charge in [-0.15, -0.1) is 0 Å². The van der Waals surface area contributed by atoms with E-state index in [1.807, 2.05) is 0 Å². The van der Waals surface area contributed by atoms with Gasteiger partial charge in [0, 0.05) is 7.05 Å². The van der Waals surface area contributed by atoms with Gasteiger partial charge in [-0.3, -0.25) is 14.4 Å². The molecule has 1 aromatic carbocycles. The van der Waals surface area contributed by atoms with E-state index >= 15 is 0 Å². The summed E-state index contributed by atoms with van der Waals surface area (Å²) in [7, 11) is 2.67. The third-order valence-electron chi connectivity index (χ3n) is 5.47. The summed E-state index contributed by atoms with van der Waals surface area (Å²) in [6.45, 7) is 0. The molecule has 25 heavy (non-hydrogen) atoms. The Hall–Kier alpha value is -2.96. The standard InChI is InChI=1S/C18H16N2O5/c1-19-14(21)11-8-9-18(19,17(24)25-2)13-12(11)15(22)20(16(13)23)10-6-4-3-5-7-10/h3-9,11-13H,1-2H3/t11-,12-,13-,18+/m1/s1. The number of benzene rings is 1. The fraction of sp³-hybridized carbons (Fsp3) is 0.333. The van der Waals surface area contributed by atoms with E-state index in [2.05, 4.69) is 0 Å². The molecule has 0 spiro atoms. The van der Waals surface area contributed by atoms with Crippen LogP contribution in [0.15, 0.2) is 42.5 Å². The first-order chi connectivity index (χ1) is 11.9. The van der Waals surface area contributed by atoms with Crippen molar-refractivity contribution >= 4 is 29.4 Å². The number of anilines is 1. The quantitative estimate of drug-likeness (QED) is 0.441. The average Bonchev–Trinajstić information content (AvgIpc) is 2.91. The van der Waals surface area contributed by atoms with E-state index in [4.69, 9.17) is 4.74 Å². The molecule has 0 saturated carbocycles. The van der Waals surface area contributed by atoms with Crippen LogP contribution < -0.4 is 4.90 Å². The lowest BCUT2D eigenvalue weighted by atomic mass is 9.62. The maximum Gasteiger partial charge on any atom is 0.336 e. The van der Waals surface area contributed by atoms with Crippen molar-refractivity contribution in [3.8, 4) is 0 Å². The van der Waals surface area contributed by atoms with Gasteiger partial charge in [-0.1, -0.05) is 30.4 Å². The number of rotatable bonds is 2. The number of fused-ring (bicyclic) bond motifs is 1. The zero-order chi connectivity index (χ0) is 17.9. The number of carbonyl (C=O) groups excluding carboxylic acids is 4. The molecule has 1 aromatic rings. The van der Waals surface area contributed by atoms with E-state index in [0.29, 0.717) is 5.69 Å². The number of piperidine rings is 1. The van der Waals surface area contributed by atoms with Crippen LogP contribution in [0.1, 0.15) is 0 Å². The smallest absolute Gasteiger partial charge is 0.336 e. The summed E-state index contributed by atoms with van der Waals surface area (Å²) in [5, 5.41) is 0. The van der Waals surface area contributed by atoms with E-state index in [-0.39, 0.29) is 5.91 Å². The summed E-state index contributed by atoms with van der Waals surface area (Å²) in [5.74, 6) is -4.63. The van der Waals surface area contributed by atoms with E-state index < -0.39 is 41.1 Å². The van der Waals surface area contributed by atoms with Crippen LogP contribution in [-0.2, 0) is 23.9 Å². The van der Waals surface area contributed by atoms with Crippen LogP contribution in [0.2, 0.25) is 0 Å². The van der Waals surface area contributed by atoms with E-state index in [9.17, 15) is 19.2 Å². The molecule has 128 valence electrons. The number of carbonyl (C=O) groups is 4. The molecule has 2 bridgehead atoms. The van der Waals surface area contributed by atoms with Crippen LogP contribution >= 0.6 is 0 Å². The van der Waals surface area contributed by atoms with Gasteiger partial charge in [0.1, 0.15) is 0 Å². The number of hydrogen-bond donors (Lipinski definition) is 0. The highest BCUT2D eigenvalue weighted by Gasteiger charge is 2.71. The van der Waals surface area contributed by atoms with Crippen LogP contribution in [0.3, 0.4) is 0 Å². The number of hydrogen-bond acceptors (Lipinski definition) is 5. The summed E-state index contributed by atoms with van der Waals surface area (Å²) in [6.07, 6.45) is 3.09. The lowest BCUT2D eigenvalue weighted by Gasteiger charge is -2.51. The summed E-state index contributed by atoms with van der Waals surface area (Å²) < 4.78 is 4.89. The minimum absolute atomic E-state index is 0.356. The molecule has 0 radical (unpaired) electrons. The molecule has 3 aliphatic heterocycles. The summed E-state index contributed by atoms with van der Waals surface area (Å²) >= 11 is 0. The molecular weight excluding hydrogens is 324 g/mol. The summed E-state index contributed by atoms with van der Waals surface area (Å²) in [6, 6.07) is 8.52. The Balaban J connectivity index is 1.90. The monoisotopic (exact) mass is 340 g/mol. The second-order valence-electron chi connectivity index (χ2n) is 6.45. The number of esters is 1. The third-order valence-corrected chi connectivity index (χ3v) is 5.47. The SMILES string of the molecule is COC(=O)[C@@]12C=C[C@@H](C(=O)N1C)[C@H]1C(=O)N(c3ccccc3)C(=O)[C@@H]12. The lowest BCUT2D eigenvalue weighted by molar-refractivity contribution is -0.173. The molecule has 0 unspecified atom stereocenters. The number of nitrogens with zero attached hydrogens (tertiary/aromatic N) is 2. The van der Waals surface area contributed by atoms with Crippen molar-refractivity contribution in [1.29, 1.82) is 0 Å². The average molecular weight is 340 g/mol. The first-order valence-corrected chi connectivity index (χ1v) is 7.93. The second-order valence-corrected chi connectivity index (χ2v) is 6.45. The minimum Gasteiger partial charge on any atom is -0.467 e. The number of ether oxygens (including phenoxy) is 1. The molecule has 1 aliphatic carbocycles. The van der Waals surface area contributed by atoms with Gasteiger partial charge < -0.3 is 9.64 Å². The van der Waals surface area contributed by atoms with Gasteiger partial charge in [0.05, 0.1) is 30.6 Å². The van der Waals surface area contributed by atoms with E-state index in [1.54, 1.807) is 36.4 Å². The molecule has 7 heteroatoms. The molecule has 2 fully saturated rings. The summed E-state index contributed by atoms with van der Waals surface area (Å²) in [5.41, 5.74) is -1.15. The Morgan fingerprint density at radius 2 is 1.76 bits per heavy atom. The van der Waals surface area contributed by atoms with Crippen molar-refractivity contribution in [3.05, 3.63) is 42.5 Å². The predicted octanol–water partition coefficient (Wildman–Crippen LogP) is 0.362. The van der Waals surface area contributed by atoms with Crippen molar-refractivity contribution < 1.29 is 23.9 Å². The Morgan fingerprint density at radius 3 is 2.40 bits per heavy atom. The Labute approximate surface area is 143 Å². The maximum atomic E-state index is 13.1. The molecule has 5 rings (SSSR count). The molecule has 3 amide bonds. The molecule has 0 aromatic heterocycles. The Kier molecular flexibility index (Phi) is 3.12. The highest BCUT2D eigenvalue weighted by atomic mass is 16.5. The van der Waals surface area contributed by atoms with Crippen molar-refractivity contribution in [2.75, 3.05) is 19.1 Å². The largest absolute Gasteiger partial charge is 0.467 e. The van der Waals surface area contributed by atoms with Gasteiger partial charge in [0.25, 0.3) is 0 Å². The van der Waals surface area contributed by atoms with E-state index in [0.717, 1.165) is 4.90 Å². The zero-order valence-electron chi connectivity index (χ0n) is 13.7. The maximum absolute atomic E-state index is 13.1. The van der Waals surface area contributed by atoms with Gasteiger partial charge >= 0.3 is 5.97 Å². The molecule has 2 saturated heterocycles. The molecule has 7 nitrogen and oxygen atoms in total. The van der Waals surface area contributed by atoms with Crippen LogP contribution in [0.4, 0.5) is 5.69 Å². The zero-order valence-corrected chi connectivity index (χ0v) is 13.7. The fourth-order valence-electron chi connectivity index (χ4n) is 4.28. The molecule has 0 N–H and O–H groups in total. The van der Waals surface area contributed by atoms with Gasteiger partial charge in [-0.2, -0.15) is 0 Å².